The average Bonchev–Trinajstić information content (AvgIpc) is 2.50. The van der Waals surface area contributed by atoms with E-state index in [0.29, 0.717) is 17.0 Å². The van der Waals surface area contributed by atoms with Gasteiger partial charge in [0, 0.05) is 10.9 Å². The molecule has 0 amide bonds. The molecule has 0 aliphatic heterocycles. The van der Waals surface area contributed by atoms with Gasteiger partial charge in [-0.25, -0.2) is 14.4 Å². The van der Waals surface area contributed by atoms with Gasteiger partial charge in [-0.2, -0.15) is 0 Å². The first-order valence-electron chi connectivity index (χ1n) is 6.37. The van der Waals surface area contributed by atoms with Gasteiger partial charge in [0.15, 0.2) is 5.82 Å². The molecule has 0 unspecified atom stereocenters. The van der Waals surface area contributed by atoms with E-state index in [1.165, 1.54) is 6.07 Å². The molecule has 1 heterocycles. The molecule has 0 radical (unpaired) electrons. The summed E-state index contributed by atoms with van der Waals surface area (Å²) in [7, 11) is 1.58. The molecule has 0 aliphatic rings. The highest BCUT2D eigenvalue weighted by Gasteiger charge is 2.13. The van der Waals surface area contributed by atoms with Gasteiger partial charge in [-0.3, -0.25) is 0 Å². The Labute approximate surface area is 126 Å². The Balaban J connectivity index is 2.27. The van der Waals surface area contributed by atoms with Crippen molar-refractivity contribution in [3.05, 3.63) is 52.9 Å². The Morgan fingerprint density at radius 1 is 1.14 bits per heavy atom. The summed E-state index contributed by atoms with van der Waals surface area (Å²) >= 11 is 6.21. The van der Waals surface area contributed by atoms with E-state index in [4.69, 9.17) is 16.3 Å². The molecule has 3 nitrogen and oxygen atoms in total. The highest BCUT2D eigenvalue weighted by atomic mass is 35.5. The summed E-state index contributed by atoms with van der Waals surface area (Å²) in [6.45, 7) is 1.85. The van der Waals surface area contributed by atoms with Gasteiger partial charge in [0.1, 0.15) is 22.2 Å². The van der Waals surface area contributed by atoms with Crippen molar-refractivity contribution in [1.29, 1.82) is 0 Å². The second-order valence-corrected chi connectivity index (χ2v) is 5.02. The number of aromatic nitrogens is 2. The van der Waals surface area contributed by atoms with Crippen LogP contribution in [-0.2, 0) is 0 Å². The lowest BCUT2D eigenvalue weighted by Crippen LogP contribution is -1.96. The summed E-state index contributed by atoms with van der Waals surface area (Å²) in [4.78, 5) is 8.60. The van der Waals surface area contributed by atoms with Gasteiger partial charge in [0.2, 0.25) is 0 Å². The van der Waals surface area contributed by atoms with Gasteiger partial charge in [0.05, 0.1) is 7.11 Å². The number of hydrogen-bond donors (Lipinski definition) is 0. The minimum Gasteiger partial charge on any atom is -0.497 e. The molecule has 5 heteroatoms. The lowest BCUT2D eigenvalue weighted by molar-refractivity contribution is 0.415. The smallest absolute Gasteiger partial charge is 0.161 e. The molecule has 0 atom stereocenters. The van der Waals surface area contributed by atoms with E-state index < -0.39 is 5.82 Å². The maximum absolute atomic E-state index is 14.0. The van der Waals surface area contributed by atoms with Crippen molar-refractivity contribution in [3.63, 3.8) is 0 Å². The Kier molecular flexibility index (Phi) is 3.47. The lowest BCUT2D eigenvalue weighted by atomic mass is 10.1. The van der Waals surface area contributed by atoms with E-state index >= 15 is 0 Å². The quantitative estimate of drug-likeness (QED) is 0.658. The number of hydrogen-bond acceptors (Lipinski definition) is 3. The number of nitrogens with zero attached hydrogens (tertiary/aromatic N) is 2. The van der Waals surface area contributed by atoms with E-state index in [1.807, 2.05) is 25.1 Å². The van der Waals surface area contributed by atoms with Crippen molar-refractivity contribution in [1.82, 2.24) is 9.97 Å². The third kappa shape index (κ3) is 2.43. The zero-order chi connectivity index (χ0) is 15.0. The maximum Gasteiger partial charge on any atom is 0.161 e. The third-order valence-electron chi connectivity index (χ3n) is 3.29. The molecule has 0 aliphatic carbocycles. The second-order valence-electron chi connectivity index (χ2n) is 4.66. The third-order valence-corrected chi connectivity index (χ3v) is 3.57. The summed E-state index contributed by atoms with van der Waals surface area (Å²) in [6, 6.07) is 10.3. The monoisotopic (exact) mass is 302 g/mol. The fraction of sp³-hybridized carbons (Fsp3) is 0.125. The Hall–Kier alpha value is -2.20. The number of halogens is 2. The van der Waals surface area contributed by atoms with E-state index in [2.05, 4.69) is 9.97 Å². The predicted octanol–water partition coefficient (Wildman–Crippen LogP) is 4.41. The van der Waals surface area contributed by atoms with Crippen LogP contribution in [0, 0.1) is 12.7 Å². The topological polar surface area (TPSA) is 35.0 Å². The highest BCUT2D eigenvalue weighted by Crippen LogP contribution is 2.29. The molecule has 1 aromatic heterocycles. The molecule has 3 aromatic rings. The molecule has 0 saturated heterocycles. The van der Waals surface area contributed by atoms with Crippen molar-refractivity contribution in [3.8, 4) is 17.1 Å². The molecule has 0 fully saturated rings. The van der Waals surface area contributed by atoms with Gasteiger partial charge in [-0.15, -0.1) is 0 Å². The van der Waals surface area contributed by atoms with Crippen LogP contribution in [0.3, 0.4) is 0 Å². The Bertz CT molecular complexity index is 836. The van der Waals surface area contributed by atoms with Crippen molar-refractivity contribution < 1.29 is 9.13 Å². The number of fused-ring (bicyclic) bond motifs is 1. The minimum absolute atomic E-state index is 0.229. The van der Waals surface area contributed by atoms with Crippen LogP contribution in [-0.4, -0.2) is 17.1 Å². The second kappa shape index (κ2) is 5.30. The number of methoxy groups -OCH3 is 1. The van der Waals surface area contributed by atoms with Crippen molar-refractivity contribution in [2.75, 3.05) is 7.11 Å². The van der Waals surface area contributed by atoms with Crippen LogP contribution >= 0.6 is 11.6 Å². The summed E-state index contributed by atoms with van der Waals surface area (Å²) in [6.07, 6.45) is 0. The molecular weight excluding hydrogens is 291 g/mol. The Morgan fingerprint density at radius 3 is 2.71 bits per heavy atom. The molecule has 0 spiro atoms. The number of ether oxygens (including phenoxy) is 1. The van der Waals surface area contributed by atoms with Crippen molar-refractivity contribution >= 4 is 22.5 Å². The molecule has 21 heavy (non-hydrogen) atoms. The summed E-state index contributed by atoms with van der Waals surface area (Å²) in [5.74, 6) is 0.636. The predicted molar refractivity (Wildman–Crippen MR) is 81.2 cm³/mol. The van der Waals surface area contributed by atoms with Gasteiger partial charge in [0.25, 0.3) is 0 Å². The zero-order valence-electron chi connectivity index (χ0n) is 11.5. The largest absolute Gasteiger partial charge is 0.497 e. The number of benzene rings is 2. The van der Waals surface area contributed by atoms with Crippen LogP contribution in [0.5, 0.6) is 5.75 Å². The SMILES string of the molecule is COc1cccc(-c2nc(Cl)c3c(C)ccc(F)c3n2)c1. The summed E-state index contributed by atoms with van der Waals surface area (Å²) in [5, 5.41) is 0.790. The summed E-state index contributed by atoms with van der Waals surface area (Å²) < 4.78 is 19.2. The summed E-state index contributed by atoms with van der Waals surface area (Å²) in [5.41, 5.74) is 1.79. The van der Waals surface area contributed by atoms with Crippen LogP contribution in [0.25, 0.3) is 22.3 Å². The lowest BCUT2D eigenvalue weighted by Gasteiger charge is -2.08. The molecule has 0 bridgehead atoms. The van der Waals surface area contributed by atoms with Gasteiger partial charge >= 0.3 is 0 Å². The first-order chi connectivity index (χ1) is 10.1. The fourth-order valence-corrected chi connectivity index (χ4v) is 2.53. The molecule has 3 rings (SSSR count). The minimum atomic E-state index is -0.413. The first-order valence-corrected chi connectivity index (χ1v) is 6.74. The van der Waals surface area contributed by atoms with Crippen LogP contribution < -0.4 is 4.74 Å². The van der Waals surface area contributed by atoms with Crippen LogP contribution in [0.4, 0.5) is 4.39 Å². The van der Waals surface area contributed by atoms with Crippen molar-refractivity contribution in [2.45, 2.75) is 6.92 Å². The standard InChI is InChI=1S/C16H12ClFN2O/c1-9-6-7-12(18)14-13(9)15(17)20-16(19-14)10-4-3-5-11(8-10)21-2/h3-8H,1-2H3. The molecule has 106 valence electrons. The normalized spacial score (nSPS) is 10.9. The zero-order valence-corrected chi connectivity index (χ0v) is 12.3. The molecule has 0 N–H and O–H groups in total. The first kappa shape index (κ1) is 13.8. The molecule has 2 aromatic carbocycles. The fourth-order valence-electron chi connectivity index (χ4n) is 2.21. The van der Waals surface area contributed by atoms with E-state index in [0.717, 1.165) is 11.1 Å². The van der Waals surface area contributed by atoms with Crippen LogP contribution in [0.2, 0.25) is 5.15 Å². The van der Waals surface area contributed by atoms with Gasteiger partial charge in [-0.05, 0) is 30.7 Å². The van der Waals surface area contributed by atoms with Crippen LogP contribution in [0.15, 0.2) is 36.4 Å². The number of aryl methyl sites for hydroxylation is 1. The molecular formula is C16H12ClFN2O. The van der Waals surface area contributed by atoms with Crippen LogP contribution in [0.1, 0.15) is 5.56 Å². The number of rotatable bonds is 2. The highest BCUT2D eigenvalue weighted by molar-refractivity contribution is 6.34. The van der Waals surface area contributed by atoms with E-state index in [1.54, 1.807) is 19.2 Å². The van der Waals surface area contributed by atoms with Crippen molar-refractivity contribution in [2.24, 2.45) is 0 Å². The van der Waals surface area contributed by atoms with Gasteiger partial charge < -0.3 is 4.74 Å². The average molecular weight is 303 g/mol. The molecule has 0 saturated carbocycles. The Morgan fingerprint density at radius 2 is 1.95 bits per heavy atom. The van der Waals surface area contributed by atoms with E-state index in [-0.39, 0.29) is 10.7 Å². The van der Waals surface area contributed by atoms with E-state index in [9.17, 15) is 4.39 Å². The maximum atomic E-state index is 14.0. The van der Waals surface area contributed by atoms with Gasteiger partial charge in [-0.1, -0.05) is 29.8 Å².